The molecule has 0 aliphatic heterocycles. The summed E-state index contributed by atoms with van der Waals surface area (Å²) in [5, 5.41) is 2.48. The molecule has 0 atom stereocenters. The van der Waals surface area contributed by atoms with E-state index in [-0.39, 0.29) is 5.41 Å². The summed E-state index contributed by atoms with van der Waals surface area (Å²) in [6.45, 7) is 4.70. The van der Waals surface area contributed by atoms with Crippen LogP contribution in [-0.4, -0.2) is 19.9 Å². The zero-order valence-electron chi connectivity index (χ0n) is 30.6. The first-order chi connectivity index (χ1) is 27.0. The summed E-state index contributed by atoms with van der Waals surface area (Å²) in [6, 6.07) is 61.9. The van der Waals surface area contributed by atoms with E-state index in [1.807, 2.05) is 60.8 Å². The molecule has 0 saturated heterocycles. The lowest BCUT2D eigenvalue weighted by atomic mass is 9.80. The number of aromatic nitrogens is 4. The fourth-order valence-corrected chi connectivity index (χ4v) is 8.17. The zero-order chi connectivity index (χ0) is 36.9. The fourth-order valence-electron chi connectivity index (χ4n) is 8.17. The van der Waals surface area contributed by atoms with Crippen molar-refractivity contribution in [2.45, 2.75) is 19.3 Å². The Morgan fingerprint density at radius 1 is 0.364 bits per heavy atom. The molecule has 4 heteroatoms. The first-order valence-electron chi connectivity index (χ1n) is 18.7. The van der Waals surface area contributed by atoms with Crippen LogP contribution < -0.4 is 0 Å². The van der Waals surface area contributed by atoms with E-state index < -0.39 is 0 Å². The lowest BCUT2D eigenvalue weighted by Crippen LogP contribution is -2.15. The van der Waals surface area contributed by atoms with E-state index in [2.05, 4.69) is 140 Å². The third-order valence-electron chi connectivity index (χ3n) is 11.0. The highest BCUT2D eigenvalue weighted by Gasteiger charge is 2.37. The fraction of sp³-hybridized carbons (Fsp3) is 0.0588. The van der Waals surface area contributed by atoms with Crippen molar-refractivity contribution in [3.63, 3.8) is 0 Å². The molecule has 260 valence electrons. The zero-order valence-corrected chi connectivity index (χ0v) is 30.6. The van der Waals surface area contributed by atoms with Gasteiger partial charge in [-0.15, -0.1) is 0 Å². The number of hydrogen-bond donors (Lipinski definition) is 0. The summed E-state index contributed by atoms with van der Waals surface area (Å²) < 4.78 is 0. The van der Waals surface area contributed by atoms with Gasteiger partial charge in [0.25, 0.3) is 0 Å². The monoisotopic (exact) mass is 704 g/mol. The predicted octanol–water partition coefficient (Wildman–Crippen LogP) is 12.7. The highest BCUT2D eigenvalue weighted by atomic mass is 15.0. The summed E-state index contributed by atoms with van der Waals surface area (Å²) in [6.07, 6.45) is 1.84. The molecule has 9 aromatic rings. The van der Waals surface area contributed by atoms with E-state index in [1.165, 1.54) is 38.6 Å². The van der Waals surface area contributed by atoms with Crippen LogP contribution in [0.15, 0.2) is 182 Å². The normalized spacial score (nSPS) is 12.7. The minimum absolute atomic E-state index is 0.157. The molecule has 0 spiro atoms. The van der Waals surface area contributed by atoms with Crippen molar-refractivity contribution >= 4 is 10.8 Å². The molecule has 0 N–H and O–H groups in total. The van der Waals surface area contributed by atoms with E-state index in [1.54, 1.807) is 0 Å². The van der Waals surface area contributed by atoms with Crippen LogP contribution in [0.3, 0.4) is 0 Å². The number of pyridine rings is 1. The molecular formula is C51H36N4. The van der Waals surface area contributed by atoms with Crippen LogP contribution in [0.5, 0.6) is 0 Å². The van der Waals surface area contributed by atoms with Crippen molar-refractivity contribution in [1.82, 2.24) is 19.9 Å². The van der Waals surface area contributed by atoms with Crippen molar-refractivity contribution in [3.05, 3.63) is 193 Å². The van der Waals surface area contributed by atoms with Crippen LogP contribution >= 0.6 is 0 Å². The van der Waals surface area contributed by atoms with E-state index in [4.69, 9.17) is 15.0 Å². The van der Waals surface area contributed by atoms with Gasteiger partial charge in [0, 0.05) is 33.9 Å². The van der Waals surface area contributed by atoms with Crippen LogP contribution in [0.2, 0.25) is 0 Å². The van der Waals surface area contributed by atoms with Crippen molar-refractivity contribution in [3.8, 4) is 78.8 Å². The van der Waals surface area contributed by atoms with Crippen molar-refractivity contribution in [1.29, 1.82) is 0 Å². The summed E-state index contributed by atoms with van der Waals surface area (Å²) in [5.74, 6) is 1.90. The molecule has 0 radical (unpaired) electrons. The highest BCUT2D eigenvalue weighted by Crippen LogP contribution is 2.53. The van der Waals surface area contributed by atoms with Gasteiger partial charge >= 0.3 is 0 Å². The first-order valence-corrected chi connectivity index (χ1v) is 18.7. The molecule has 0 bridgehead atoms. The van der Waals surface area contributed by atoms with Crippen LogP contribution in [0.25, 0.3) is 89.6 Å². The lowest BCUT2D eigenvalue weighted by molar-refractivity contribution is 0.661. The van der Waals surface area contributed by atoms with E-state index in [9.17, 15) is 0 Å². The van der Waals surface area contributed by atoms with Gasteiger partial charge in [0.1, 0.15) is 0 Å². The minimum Gasteiger partial charge on any atom is -0.256 e. The van der Waals surface area contributed by atoms with Crippen molar-refractivity contribution < 1.29 is 0 Å². The average Bonchev–Trinajstić information content (AvgIpc) is 3.49. The second kappa shape index (κ2) is 13.1. The molecule has 0 amide bonds. The molecule has 2 aromatic heterocycles. The average molecular weight is 705 g/mol. The van der Waals surface area contributed by atoms with Gasteiger partial charge in [-0.2, -0.15) is 0 Å². The molecule has 10 rings (SSSR count). The second-order valence-electron chi connectivity index (χ2n) is 14.7. The largest absolute Gasteiger partial charge is 0.256 e. The van der Waals surface area contributed by atoms with Crippen molar-refractivity contribution in [2.24, 2.45) is 0 Å². The maximum atomic E-state index is 5.16. The Balaban J connectivity index is 1.22. The van der Waals surface area contributed by atoms with E-state index in [0.717, 1.165) is 44.6 Å². The molecule has 1 aliphatic carbocycles. The van der Waals surface area contributed by atoms with Crippen LogP contribution in [0, 0.1) is 0 Å². The number of benzene rings is 7. The Kier molecular flexibility index (Phi) is 7.77. The second-order valence-corrected chi connectivity index (χ2v) is 14.7. The summed E-state index contributed by atoms with van der Waals surface area (Å²) in [7, 11) is 0. The summed E-state index contributed by atoms with van der Waals surface area (Å²) >= 11 is 0. The lowest BCUT2D eigenvalue weighted by Gasteiger charge is -2.23. The van der Waals surface area contributed by atoms with Crippen molar-refractivity contribution in [2.75, 3.05) is 0 Å². The third-order valence-corrected chi connectivity index (χ3v) is 11.0. The Bertz CT molecular complexity index is 2810. The van der Waals surface area contributed by atoms with Crippen LogP contribution in [0.1, 0.15) is 25.0 Å². The molecule has 2 heterocycles. The molecule has 4 nitrogen and oxygen atoms in total. The predicted molar refractivity (Wildman–Crippen MR) is 225 cm³/mol. The SMILES string of the molecule is CC1(C)c2ccccc2-c2c1cc(-c1cc(-c3ccc(-c4ccccn4)cc3)cc(-c3nc(-c4ccccc4)nc(-c4ccccc4)n3)c1)c1ccccc21. The molecule has 0 unspecified atom stereocenters. The quantitative estimate of drug-likeness (QED) is 0.173. The first kappa shape index (κ1) is 32.6. The van der Waals surface area contributed by atoms with Crippen LogP contribution in [0.4, 0.5) is 0 Å². The number of fused-ring (bicyclic) bond motifs is 5. The van der Waals surface area contributed by atoms with E-state index in [0.29, 0.717) is 17.5 Å². The molecule has 7 aromatic carbocycles. The summed E-state index contributed by atoms with van der Waals surface area (Å²) in [5.41, 5.74) is 14.5. The van der Waals surface area contributed by atoms with Gasteiger partial charge in [-0.1, -0.05) is 153 Å². The molecule has 1 aliphatic rings. The number of nitrogens with zero attached hydrogens (tertiary/aromatic N) is 4. The highest BCUT2D eigenvalue weighted by molar-refractivity contribution is 6.09. The molecule has 0 saturated carbocycles. The minimum atomic E-state index is -0.157. The summed E-state index contributed by atoms with van der Waals surface area (Å²) in [4.78, 5) is 19.9. The molecular weight excluding hydrogens is 669 g/mol. The van der Waals surface area contributed by atoms with Gasteiger partial charge in [0.05, 0.1) is 5.69 Å². The number of rotatable bonds is 6. The smallest absolute Gasteiger partial charge is 0.164 e. The Morgan fingerprint density at radius 3 is 1.58 bits per heavy atom. The topological polar surface area (TPSA) is 51.6 Å². The van der Waals surface area contributed by atoms with Gasteiger partial charge in [-0.3, -0.25) is 4.98 Å². The molecule has 55 heavy (non-hydrogen) atoms. The maximum absolute atomic E-state index is 5.16. The van der Waals surface area contributed by atoms with Gasteiger partial charge < -0.3 is 0 Å². The third kappa shape index (κ3) is 5.71. The van der Waals surface area contributed by atoms with Gasteiger partial charge in [0.15, 0.2) is 17.5 Å². The Morgan fingerprint density at radius 2 is 0.909 bits per heavy atom. The standard InChI is InChI=1S/C51H36N4/c1-51(2)44-22-12-11-21-42(44)47-41-20-10-9-19-40(41)43(32-45(47)51)38-29-37(33-24-26-34(27-25-33)46-23-13-14-28-52-46)30-39(31-38)50-54-48(35-15-5-3-6-16-35)53-49(55-50)36-17-7-4-8-18-36/h3-32H,1-2H3. The van der Waals surface area contributed by atoms with Gasteiger partial charge in [0.2, 0.25) is 0 Å². The Labute approximate surface area is 320 Å². The molecule has 0 fully saturated rings. The van der Waals surface area contributed by atoms with Crippen LogP contribution in [-0.2, 0) is 5.41 Å². The van der Waals surface area contributed by atoms with Gasteiger partial charge in [-0.05, 0) is 91.7 Å². The maximum Gasteiger partial charge on any atom is 0.164 e. The Hall–Kier alpha value is -7.04. The number of hydrogen-bond acceptors (Lipinski definition) is 4. The van der Waals surface area contributed by atoms with E-state index >= 15 is 0 Å². The van der Waals surface area contributed by atoms with Gasteiger partial charge in [-0.25, -0.2) is 15.0 Å².